The van der Waals surface area contributed by atoms with E-state index in [9.17, 15) is 0 Å². The second kappa shape index (κ2) is 2.71. The fourth-order valence-corrected chi connectivity index (χ4v) is 1.27. The number of nitrogens with zero attached hydrogens (tertiary/aromatic N) is 3. The average molecular weight is 184 g/mol. The van der Waals surface area contributed by atoms with E-state index in [4.69, 9.17) is 16.3 Å². The molecule has 2 rings (SSSR count). The summed E-state index contributed by atoms with van der Waals surface area (Å²) in [7, 11) is 1.55. The van der Waals surface area contributed by atoms with E-state index in [-0.39, 0.29) is 5.28 Å². The molecule has 0 N–H and O–H groups in total. The Labute approximate surface area is 74.3 Å². The second-order valence-electron chi connectivity index (χ2n) is 2.34. The molecule has 1 aromatic rings. The average Bonchev–Trinajstić information content (AvgIpc) is 2.50. The van der Waals surface area contributed by atoms with E-state index in [1.165, 1.54) is 0 Å². The zero-order chi connectivity index (χ0) is 8.55. The van der Waals surface area contributed by atoms with Crippen LogP contribution in [0.1, 0.15) is 11.3 Å². The third-order valence-corrected chi connectivity index (χ3v) is 1.80. The molecule has 0 amide bonds. The lowest BCUT2D eigenvalue weighted by molar-refractivity contribution is 0.392. The van der Waals surface area contributed by atoms with Crippen molar-refractivity contribution in [1.82, 2.24) is 9.97 Å². The predicted octanol–water partition coefficient (Wildman–Crippen LogP) is 1.07. The van der Waals surface area contributed by atoms with Crippen molar-refractivity contribution in [1.29, 1.82) is 0 Å². The molecule has 1 aliphatic heterocycles. The van der Waals surface area contributed by atoms with Crippen molar-refractivity contribution in [3.8, 4) is 5.88 Å². The maximum absolute atomic E-state index is 5.64. The topological polar surface area (TPSA) is 47.4 Å². The fraction of sp³-hybridized carbons (Fsp3) is 0.286. The monoisotopic (exact) mass is 183 g/mol. The van der Waals surface area contributed by atoms with Crippen LogP contribution in [-0.2, 0) is 6.54 Å². The summed E-state index contributed by atoms with van der Waals surface area (Å²) in [6.45, 7) is 0.579. The first-order chi connectivity index (χ1) is 5.81. The normalized spacial score (nSPS) is 13.2. The minimum absolute atomic E-state index is 0.193. The molecule has 0 radical (unpaired) electrons. The van der Waals surface area contributed by atoms with Gasteiger partial charge in [0.1, 0.15) is 0 Å². The summed E-state index contributed by atoms with van der Waals surface area (Å²) in [6, 6.07) is 0. The van der Waals surface area contributed by atoms with E-state index >= 15 is 0 Å². The smallest absolute Gasteiger partial charge is 0.226 e. The first kappa shape index (κ1) is 7.49. The van der Waals surface area contributed by atoms with Crippen molar-refractivity contribution >= 4 is 17.8 Å². The molecule has 0 saturated carbocycles. The Hall–Kier alpha value is -1.16. The van der Waals surface area contributed by atoms with Crippen molar-refractivity contribution in [2.24, 2.45) is 4.99 Å². The van der Waals surface area contributed by atoms with Crippen LogP contribution in [0.25, 0.3) is 0 Å². The molecule has 1 aliphatic rings. The quantitative estimate of drug-likeness (QED) is 0.612. The molecule has 0 fully saturated rings. The summed E-state index contributed by atoms with van der Waals surface area (Å²) in [5, 5.41) is 0.193. The first-order valence-electron chi connectivity index (χ1n) is 3.41. The molecule has 5 heteroatoms. The first-order valence-corrected chi connectivity index (χ1v) is 3.79. The number of rotatable bonds is 1. The molecule has 0 atom stereocenters. The van der Waals surface area contributed by atoms with Crippen molar-refractivity contribution in [3.63, 3.8) is 0 Å². The number of ether oxygens (including phenoxy) is 1. The van der Waals surface area contributed by atoms with Gasteiger partial charge in [-0.05, 0) is 11.6 Å². The summed E-state index contributed by atoms with van der Waals surface area (Å²) in [4.78, 5) is 11.9. The lowest BCUT2D eigenvalue weighted by atomic mass is 10.2. The Bertz CT molecular complexity index is 351. The minimum Gasteiger partial charge on any atom is -0.481 e. The molecule has 2 heterocycles. The van der Waals surface area contributed by atoms with Gasteiger partial charge in [0.05, 0.1) is 24.9 Å². The SMILES string of the molecule is COc1nc(Cl)nc2c1CN=C2. The number of hydrogen-bond donors (Lipinski definition) is 0. The molecular weight excluding hydrogens is 178 g/mol. The molecular formula is C7H6ClN3O. The molecule has 0 unspecified atom stereocenters. The number of aliphatic imine (C=N–C) groups is 1. The number of hydrogen-bond acceptors (Lipinski definition) is 4. The zero-order valence-corrected chi connectivity index (χ0v) is 7.17. The minimum atomic E-state index is 0.193. The maximum atomic E-state index is 5.64. The van der Waals surface area contributed by atoms with Gasteiger partial charge in [-0.1, -0.05) is 0 Å². The molecule has 0 spiro atoms. The number of halogens is 1. The second-order valence-corrected chi connectivity index (χ2v) is 2.67. The van der Waals surface area contributed by atoms with Crippen LogP contribution < -0.4 is 4.74 Å². The highest BCUT2D eigenvalue weighted by Gasteiger charge is 2.15. The van der Waals surface area contributed by atoms with Gasteiger partial charge in [-0.15, -0.1) is 0 Å². The van der Waals surface area contributed by atoms with E-state index < -0.39 is 0 Å². The van der Waals surface area contributed by atoms with E-state index in [1.807, 2.05) is 0 Å². The van der Waals surface area contributed by atoms with Crippen LogP contribution >= 0.6 is 11.6 Å². The Morgan fingerprint density at radius 2 is 2.33 bits per heavy atom. The van der Waals surface area contributed by atoms with Crippen molar-refractivity contribution in [2.75, 3.05) is 7.11 Å². The highest BCUT2D eigenvalue weighted by atomic mass is 35.5. The molecule has 12 heavy (non-hydrogen) atoms. The fourth-order valence-electron chi connectivity index (χ4n) is 1.10. The number of fused-ring (bicyclic) bond motifs is 1. The van der Waals surface area contributed by atoms with Crippen molar-refractivity contribution in [2.45, 2.75) is 6.54 Å². The van der Waals surface area contributed by atoms with Gasteiger partial charge >= 0.3 is 0 Å². The Kier molecular flexibility index (Phi) is 1.69. The van der Waals surface area contributed by atoms with Gasteiger partial charge in [-0.3, -0.25) is 4.99 Å². The van der Waals surface area contributed by atoms with E-state index in [1.54, 1.807) is 13.3 Å². The van der Waals surface area contributed by atoms with Crippen LogP contribution in [0.5, 0.6) is 5.88 Å². The molecule has 0 saturated heterocycles. The van der Waals surface area contributed by atoms with E-state index in [2.05, 4.69) is 15.0 Å². The molecule has 4 nitrogen and oxygen atoms in total. The van der Waals surface area contributed by atoms with Crippen molar-refractivity contribution < 1.29 is 4.74 Å². The summed E-state index contributed by atoms with van der Waals surface area (Å²) < 4.78 is 5.02. The van der Waals surface area contributed by atoms with Gasteiger partial charge in [0.15, 0.2) is 0 Å². The molecule has 0 bridgehead atoms. The van der Waals surface area contributed by atoms with Crippen LogP contribution in [0.3, 0.4) is 0 Å². The lowest BCUT2D eigenvalue weighted by Crippen LogP contribution is -1.99. The molecule has 62 valence electrons. The van der Waals surface area contributed by atoms with Crippen LogP contribution in [0, 0.1) is 0 Å². The third-order valence-electron chi connectivity index (χ3n) is 1.63. The van der Waals surface area contributed by atoms with E-state index in [0.29, 0.717) is 12.4 Å². The lowest BCUT2D eigenvalue weighted by Gasteiger charge is -2.03. The summed E-state index contributed by atoms with van der Waals surface area (Å²) in [5.41, 5.74) is 1.66. The van der Waals surface area contributed by atoms with E-state index in [0.717, 1.165) is 11.3 Å². The standard InChI is InChI=1S/C7H6ClN3O/c1-12-6-4-2-9-3-5(4)10-7(8)11-6/h3H,2H2,1H3. The Morgan fingerprint density at radius 1 is 1.50 bits per heavy atom. The maximum Gasteiger partial charge on any atom is 0.226 e. The molecule has 1 aromatic heterocycles. The molecule has 0 aromatic carbocycles. The molecule has 0 aliphatic carbocycles. The Balaban J connectivity index is 2.59. The van der Waals surface area contributed by atoms with Crippen LogP contribution in [-0.4, -0.2) is 23.3 Å². The van der Waals surface area contributed by atoms with Crippen LogP contribution in [0.4, 0.5) is 0 Å². The highest BCUT2D eigenvalue weighted by molar-refractivity contribution is 6.28. The summed E-state index contributed by atoms with van der Waals surface area (Å²) >= 11 is 5.64. The van der Waals surface area contributed by atoms with Crippen LogP contribution in [0.15, 0.2) is 4.99 Å². The van der Waals surface area contributed by atoms with Gasteiger partial charge < -0.3 is 4.74 Å². The van der Waals surface area contributed by atoms with Gasteiger partial charge in [-0.2, -0.15) is 4.98 Å². The van der Waals surface area contributed by atoms with Gasteiger partial charge in [0.2, 0.25) is 11.2 Å². The largest absolute Gasteiger partial charge is 0.481 e. The van der Waals surface area contributed by atoms with Crippen LogP contribution in [0.2, 0.25) is 5.28 Å². The summed E-state index contributed by atoms with van der Waals surface area (Å²) in [6.07, 6.45) is 1.67. The third kappa shape index (κ3) is 1.04. The Morgan fingerprint density at radius 3 is 3.08 bits per heavy atom. The zero-order valence-electron chi connectivity index (χ0n) is 6.41. The van der Waals surface area contributed by atoms with Gasteiger partial charge in [0.25, 0.3) is 0 Å². The number of methoxy groups -OCH3 is 1. The predicted molar refractivity (Wildman–Crippen MR) is 44.9 cm³/mol. The number of aromatic nitrogens is 2. The highest BCUT2D eigenvalue weighted by Crippen LogP contribution is 2.23. The van der Waals surface area contributed by atoms with Crippen molar-refractivity contribution in [3.05, 3.63) is 16.5 Å². The van der Waals surface area contributed by atoms with Gasteiger partial charge in [-0.25, -0.2) is 4.98 Å². The van der Waals surface area contributed by atoms with Gasteiger partial charge in [0, 0.05) is 6.21 Å². The summed E-state index contributed by atoms with van der Waals surface area (Å²) in [5.74, 6) is 0.516.